The van der Waals surface area contributed by atoms with Gasteiger partial charge in [0.25, 0.3) is 5.91 Å². The van der Waals surface area contributed by atoms with Gasteiger partial charge in [0.1, 0.15) is 11.6 Å². The average molecular weight is 375 g/mol. The molecule has 2 aromatic carbocycles. The minimum Gasteiger partial charge on any atom is -0.496 e. The van der Waals surface area contributed by atoms with E-state index in [2.05, 4.69) is 41.6 Å². The Bertz CT molecular complexity index is 937. The lowest BCUT2D eigenvalue weighted by molar-refractivity contribution is 0.0951. The van der Waals surface area contributed by atoms with Gasteiger partial charge in [-0.3, -0.25) is 4.79 Å². The summed E-state index contributed by atoms with van der Waals surface area (Å²) in [4.78, 5) is 17.1. The van der Waals surface area contributed by atoms with Gasteiger partial charge in [-0.1, -0.05) is 44.2 Å². The Balaban J connectivity index is 1.73. The maximum atomic E-state index is 12.7. The van der Waals surface area contributed by atoms with Gasteiger partial charge in [0.05, 0.1) is 12.7 Å². The number of anilines is 2. The van der Waals surface area contributed by atoms with Crippen LogP contribution in [0.3, 0.4) is 0 Å². The van der Waals surface area contributed by atoms with Crippen molar-refractivity contribution in [3.8, 4) is 5.75 Å². The molecule has 0 fully saturated rings. The van der Waals surface area contributed by atoms with Crippen LogP contribution in [-0.2, 0) is 6.54 Å². The van der Waals surface area contributed by atoms with Crippen molar-refractivity contribution in [2.24, 2.45) is 0 Å². The molecule has 144 valence electrons. The van der Waals surface area contributed by atoms with Crippen LogP contribution in [0.2, 0.25) is 0 Å². The van der Waals surface area contributed by atoms with Gasteiger partial charge in [0, 0.05) is 24.0 Å². The molecular formula is C23H25N3O2. The number of hydrogen-bond donors (Lipinski definition) is 2. The van der Waals surface area contributed by atoms with E-state index in [1.165, 1.54) is 5.56 Å². The van der Waals surface area contributed by atoms with Crippen molar-refractivity contribution in [2.75, 3.05) is 12.4 Å². The summed E-state index contributed by atoms with van der Waals surface area (Å²) >= 11 is 0. The fraction of sp³-hybridized carbons (Fsp3) is 0.217. The average Bonchev–Trinajstić information content (AvgIpc) is 2.73. The van der Waals surface area contributed by atoms with Gasteiger partial charge >= 0.3 is 0 Å². The molecule has 0 saturated heterocycles. The number of pyridine rings is 1. The van der Waals surface area contributed by atoms with Crippen molar-refractivity contribution in [1.82, 2.24) is 10.3 Å². The Morgan fingerprint density at radius 1 is 1.04 bits per heavy atom. The first-order valence-corrected chi connectivity index (χ1v) is 9.30. The number of benzene rings is 2. The van der Waals surface area contributed by atoms with Crippen molar-refractivity contribution in [2.45, 2.75) is 26.3 Å². The molecular weight excluding hydrogens is 350 g/mol. The number of nitrogens with one attached hydrogen (secondary N) is 2. The second-order valence-electron chi connectivity index (χ2n) is 6.80. The van der Waals surface area contributed by atoms with Gasteiger partial charge in [-0.25, -0.2) is 4.98 Å². The van der Waals surface area contributed by atoms with Crippen molar-refractivity contribution < 1.29 is 9.53 Å². The van der Waals surface area contributed by atoms with Crippen LogP contribution in [0.4, 0.5) is 11.5 Å². The molecule has 0 aliphatic carbocycles. The highest BCUT2D eigenvalue weighted by molar-refractivity contribution is 5.99. The summed E-state index contributed by atoms with van der Waals surface area (Å²) < 4.78 is 5.34. The zero-order chi connectivity index (χ0) is 19.9. The minimum atomic E-state index is -0.194. The third kappa shape index (κ3) is 4.68. The Hall–Kier alpha value is -3.34. The second kappa shape index (κ2) is 9.04. The monoisotopic (exact) mass is 375 g/mol. The third-order valence-electron chi connectivity index (χ3n) is 4.52. The number of carbonyl (C=O) groups is 1. The summed E-state index contributed by atoms with van der Waals surface area (Å²) in [6.45, 7) is 4.69. The smallest absolute Gasteiger partial charge is 0.255 e. The van der Waals surface area contributed by atoms with E-state index in [0.29, 0.717) is 23.8 Å². The van der Waals surface area contributed by atoms with Gasteiger partial charge in [-0.15, -0.1) is 0 Å². The van der Waals surface area contributed by atoms with Crippen molar-refractivity contribution >= 4 is 17.4 Å². The Kier molecular flexibility index (Phi) is 6.27. The molecule has 0 aliphatic heterocycles. The van der Waals surface area contributed by atoms with Gasteiger partial charge in [0.15, 0.2) is 0 Å². The van der Waals surface area contributed by atoms with E-state index in [1.807, 2.05) is 36.4 Å². The van der Waals surface area contributed by atoms with Gasteiger partial charge in [0.2, 0.25) is 0 Å². The molecule has 28 heavy (non-hydrogen) atoms. The predicted octanol–water partition coefficient (Wildman–Crippen LogP) is 4.89. The molecule has 0 aliphatic rings. The van der Waals surface area contributed by atoms with E-state index in [0.717, 1.165) is 17.0 Å². The van der Waals surface area contributed by atoms with Crippen LogP contribution in [0, 0.1) is 0 Å². The van der Waals surface area contributed by atoms with E-state index >= 15 is 0 Å². The van der Waals surface area contributed by atoms with Gasteiger partial charge < -0.3 is 15.4 Å². The lowest BCUT2D eigenvalue weighted by atomic mass is 10.0. The summed E-state index contributed by atoms with van der Waals surface area (Å²) in [5, 5.41) is 6.18. The molecule has 1 aromatic heterocycles. The summed E-state index contributed by atoms with van der Waals surface area (Å²) in [5.74, 6) is 1.55. The van der Waals surface area contributed by atoms with Crippen LogP contribution >= 0.6 is 0 Å². The molecule has 1 amide bonds. The summed E-state index contributed by atoms with van der Waals surface area (Å²) in [5.41, 5.74) is 3.56. The minimum absolute atomic E-state index is 0.194. The number of aromatic nitrogens is 1. The van der Waals surface area contributed by atoms with Crippen molar-refractivity contribution in [1.29, 1.82) is 0 Å². The number of rotatable bonds is 7. The molecule has 0 saturated carbocycles. The topological polar surface area (TPSA) is 63.2 Å². The Labute approximate surface area is 165 Å². The van der Waals surface area contributed by atoms with Crippen LogP contribution in [0.25, 0.3) is 0 Å². The molecule has 0 spiro atoms. The first-order valence-electron chi connectivity index (χ1n) is 9.30. The number of carbonyl (C=O) groups excluding carboxylic acids is 1. The molecule has 0 radical (unpaired) electrons. The second-order valence-corrected chi connectivity index (χ2v) is 6.80. The zero-order valence-corrected chi connectivity index (χ0v) is 16.4. The lowest BCUT2D eigenvalue weighted by Crippen LogP contribution is -2.24. The van der Waals surface area contributed by atoms with E-state index in [4.69, 9.17) is 4.74 Å². The third-order valence-corrected chi connectivity index (χ3v) is 4.52. The number of para-hydroxylation sites is 1. The highest BCUT2D eigenvalue weighted by Gasteiger charge is 2.13. The molecule has 1 heterocycles. The Morgan fingerprint density at radius 2 is 1.79 bits per heavy atom. The maximum Gasteiger partial charge on any atom is 0.255 e. The number of nitrogens with zero attached hydrogens (tertiary/aromatic N) is 1. The van der Waals surface area contributed by atoms with E-state index in [1.54, 1.807) is 25.4 Å². The molecule has 3 rings (SSSR count). The fourth-order valence-electron chi connectivity index (χ4n) is 2.90. The first-order chi connectivity index (χ1) is 13.6. The van der Waals surface area contributed by atoms with Crippen LogP contribution in [0.5, 0.6) is 5.75 Å². The van der Waals surface area contributed by atoms with Crippen molar-refractivity contribution in [3.63, 3.8) is 0 Å². The number of amides is 1. The molecule has 5 nitrogen and oxygen atoms in total. The first kappa shape index (κ1) is 19.4. The highest BCUT2D eigenvalue weighted by Crippen LogP contribution is 2.22. The van der Waals surface area contributed by atoms with Gasteiger partial charge in [-0.2, -0.15) is 0 Å². The summed E-state index contributed by atoms with van der Waals surface area (Å²) in [6.07, 6.45) is 1.67. The van der Waals surface area contributed by atoms with E-state index in [9.17, 15) is 4.79 Å². The highest BCUT2D eigenvalue weighted by atomic mass is 16.5. The Morgan fingerprint density at radius 3 is 2.50 bits per heavy atom. The van der Waals surface area contributed by atoms with Crippen LogP contribution in [0.15, 0.2) is 66.9 Å². The lowest BCUT2D eigenvalue weighted by Gasteiger charge is -2.13. The zero-order valence-electron chi connectivity index (χ0n) is 16.4. The molecule has 0 atom stereocenters. The largest absolute Gasteiger partial charge is 0.496 e. The fourth-order valence-corrected chi connectivity index (χ4v) is 2.90. The summed E-state index contributed by atoms with van der Waals surface area (Å²) in [6, 6.07) is 19.3. The van der Waals surface area contributed by atoms with Gasteiger partial charge in [-0.05, 0) is 41.8 Å². The maximum absolute atomic E-state index is 12.7. The van der Waals surface area contributed by atoms with Crippen LogP contribution in [0.1, 0.15) is 41.3 Å². The quantitative estimate of drug-likeness (QED) is 0.617. The number of ether oxygens (including phenoxy) is 1. The standard InChI is InChI=1S/C23H25N3O2/c1-16(2)17-10-12-19(13-11-17)26-22-20(8-6-14-24-22)23(27)25-15-18-7-4-5-9-21(18)28-3/h4-14,16H,15H2,1-3H3,(H,24,26)(H,25,27). The molecule has 0 unspecified atom stereocenters. The number of hydrogen-bond acceptors (Lipinski definition) is 4. The van der Waals surface area contributed by atoms with Crippen LogP contribution < -0.4 is 15.4 Å². The SMILES string of the molecule is COc1ccccc1CNC(=O)c1cccnc1Nc1ccc(C(C)C)cc1. The molecule has 5 heteroatoms. The molecule has 3 aromatic rings. The number of methoxy groups -OCH3 is 1. The van der Waals surface area contributed by atoms with Crippen molar-refractivity contribution in [3.05, 3.63) is 83.6 Å². The predicted molar refractivity (Wildman–Crippen MR) is 112 cm³/mol. The molecule has 2 N–H and O–H groups in total. The van der Waals surface area contributed by atoms with E-state index in [-0.39, 0.29) is 5.91 Å². The summed E-state index contributed by atoms with van der Waals surface area (Å²) in [7, 11) is 1.62. The normalized spacial score (nSPS) is 10.6. The van der Waals surface area contributed by atoms with Crippen LogP contribution in [-0.4, -0.2) is 18.0 Å². The molecule has 0 bridgehead atoms. The van der Waals surface area contributed by atoms with E-state index < -0.39 is 0 Å².